The van der Waals surface area contributed by atoms with Crippen LogP contribution in [0.15, 0.2) is 34.0 Å². The van der Waals surface area contributed by atoms with E-state index in [9.17, 15) is 14.4 Å². The van der Waals surface area contributed by atoms with Gasteiger partial charge in [-0.1, -0.05) is 13.0 Å². The molecule has 0 aliphatic carbocycles. The maximum atomic E-state index is 12.8. The van der Waals surface area contributed by atoms with Crippen LogP contribution in [-0.2, 0) is 11.3 Å². The molecular formula is C16H21N5O4. The summed E-state index contributed by atoms with van der Waals surface area (Å²) in [6.45, 7) is 2.47. The number of aromatic amines is 1. The van der Waals surface area contributed by atoms with Gasteiger partial charge in [-0.2, -0.15) is 0 Å². The van der Waals surface area contributed by atoms with Crippen LogP contribution in [0.4, 0.5) is 11.5 Å². The number of aromatic nitrogens is 3. The standard InChI is InChI=1S/C16H21N5O4/c1-3-8-21-13(17)12(14(22)19-16(21)24)20(9-10-25-2)15(23)11-6-4-5-7-18-11/h4-7H,3,8-10,17H2,1-2H3,(H,19,22,24). The second-order valence-electron chi connectivity index (χ2n) is 5.31. The van der Waals surface area contributed by atoms with Gasteiger partial charge in [0.15, 0.2) is 5.69 Å². The Hall–Kier alpha value is -2.94. The third kappa shape index (κ3) is 3.94. The lowest BCUT2D eigenvalue weighted by Gasteiger charge is -2.23. The summed E-state index contributed by atoms with van der Waals surface area (Å²) in [5.41, 5.74) is 4.79. The lowest BCUT2D eigenvalue weighted by Crippen LogP contribution is -2.42. The molecule has 0 aliphatic heterocycles. The molecule has 2 heterocycles. The average molecular weight is 347 g/mol. The molecule has 0 fully saturated rings. The minimum absolute atomic E-state index is 0.0593. The molecular weight excluding hydrogens is 326 g/mol. The van der Waals surface area contributed by atoms with Gasteiger partial charge in [-0.25, -0.2) is 4.79 Å². The van der Waals surface area contributed by atoms with E-state index in [1.807, 2.05) is 6.92 Å². The summed E-state index contributed by atoms with van der Waals surface area (Å²) in [7, 11) is 1.48. The Morgan fingerprint density at radius 3 is 2.76 bits per heavy atom. The summed E-state index contributed by atoms with van der Waals surface area (Å²) in [6, 6.07) is 4.88. The highest BCUT2D eigenvalue weighted by Crippen LogP contribution is 2.18. The minimum atomic E-state index is -0.727. The Balaban J connectivity index is 2.59. The van der Waals surface area contributed by atoms with Crippen LogP contribution in [0.5, 0.6) is 0 Å². The first-order chi connectivity index (χ1) is 12.0. The van der Waals surface area contributed by atoms with Gasteiger partial charge >= 0.3 is 5.69 Å². The molecule has 0 bridgehead atoms. The van der Waals surface area contributed by atoms with E-state index in [1.54, 1.807) is 12.1 Å². The zero-order valence-electron chi connectivity index (χ0n) is 14.2. The van der Waals surface area contributed by atoms with E-state index in [-0.39, 0.29) is 30.4 Å². The number of nitrogens with zero attached hydrogens (tertiary/aromatic N) is 3. The Morgan fingerprint density at radius 1 is 1.40 bits per heavy atom. The van der Waals surface area contributed by atoms with E-state index in [1.165, 1.54) is 28.8 Å². The number of H-pyrrole nitrogens is 1. The van der Waals surface area contributed by atoms with Gasteiger partial charge in [0.05, 0.1) is 6.61 Å². The van der Waals surface area contributed by atoms with Crippen molar-refractivity contribution in [2.24, 2.45) is 0 Å². The van der Waals surface area contributed by atoms with Crippen LogP contribution in [0, 0.1) is 0 Å². The van der Waals surface area contributed by atoms with Gasteiger partial charge in [-0.3, -0.25) is 29.0 Å². The fraction of sp³-hybridized carbons (Fsp3) is 0.375. The number of carbonyl (C=O) groups is 1. The molecule has 0 saturated heterocycles. The largest absolute Gasteiger partial charge is 0.383 e. The van der Waals surface area contributed by atoms with Crippen LogP contribution in [0.25, 0.3) is 0 Å². The highest BCUT2D eigenvalue weighted by atomic mass is 16.5. The van der Waals surface area contributed by atoms with Crippen molar-refractivity contribution in [1.82, 2.24) is 14.5 Å². The van der Waals surface area contributed by atoms with Gasteiger partial charge in [0, 0.05) is 26.4 Å². The molecule has 0 unspecified atom stereocenters. The lowest BCUT2D eigenvalue weighted by molar-refractivity contribution is 0.0970. The van der Waals surface area contributed by atoms with Gasteiger partial charge < -0.3 is 10.5 Å². The average Bonchev–Trinajstić information content (AvgIpc) is 2.61. The van der Waals surface area contributed by atoms with E-state index in [4.69, 9.17) is 10.5 Å². The molecule has 0 aromatic carbocycles. The first-order valence-corrected chi connectivity index (χ1v) is 7.85. The number of nitrogens with two attached hydrogens (primary N) is 1. The van der Waals surface area contributed by atoms with Gasteiger partial charge in [-0.15, -0.1) is 0 Å². The SMILES string of the molecule is CCCn1c(N)c(N(CCOC)C(=O)c2ccccn2)c(=O)[nH]c1=O. The monoisotopic (exact) mass is 347 g/mol. The second kappa shape index (κ2) is 8.25. The van der Waals surface area contributed by atoms with Gasteiger partial charge in [0.25, 0.3) is 11.5 Å². The third-order valence-corrected chi connectivity index (χ3v) is 3.58. The first kappa shape index (κ1) is 18.4. The van der Waals surface area contributed by atoms with E-state index >= 15 is 0 Å². The molecule has 2 aromatic heterocycles. The summed E-state index contributed by atoms with van der Waals surface area (Å²) in [6.07, 6.45) is 2.12. The molecule has 2 aromatic rings. The Morgan fingerprint density at radius 2 is 2.16 bits per heavy atom. The fourth-order valence-electron chi connectivity index (χ4n) is 2.41. The molecule has 0 saturated carbocycles. The smallest absolute Gasteiger partial charge is 0.330 e. The molecule has 25 heavy (non-hydrogen) atoms. The topological polar surface area (TPSA) is 123 Å². The number of nitrogens with one attached hydrogen (secondary N) is 1. The third-order valence-electron chi connectivity index (χ3n) is 3.58. The van der Waals surface area contributed by atoms with Crippen molar-refractivity contribution in [1.29, 1.82) is 0 Å². The second-order valence-corrected chi connectivity index (χ2v) is 5.31. The Kier molecular flexibility index (Phi) is 6.07. The molecule has 2 rings (SSSR count). The summed E-state index contributed by atoms with van der Waals surface area (Å²) in [5.74, 6) is -0.562. The Labute approximate surface area is 144 Å². The number of amides is 1. The first-order valence-electron chi connectivity index (χ1n) is 7.85. The zero-order chi connectivity index (χ0) is 18.4. The van der Waals surface area contributed by atoms with Crippen LogP contribution in [-0.4, -0.2) is 40.7 Å². The Bertz CT molecular complexity index is 844. The van der Waals surface area contributed by atoms with E-state index in [2.05, 4.69) is 9.97 Å². The van der Waals surface area contributed by atoms with Crippen molar-refractivity contribution in [2.45, 2.75) is 19.9 Å². The van der Waals surface area contributed by atoms with E-state index < -0.39 is 17.2 Å². The van der Waals surface area contributed by atoms with Crippen molar-refractivity contribution < 1.29 is 9.53 Å². The number of anilines is 2. The summed E-state index contributed by atoms with van der Waals surface area (Å²) < 4.78 is 6.26. The predicted molar refractivity (Wildman–Crippen MR) is 93.8 cm³/mol. The van der Waals surface area contributed by atoms with E-state index in [0.717, 1.165) is 0 Å². The summed E-state index contributed by atoms with van der Waals surface area (Å²) >= 11 is 0. The van der Waals surface area contributed by atoms with Crippen molar-refractivity contribution in [2.75, 3.05) is 30.9 Å². The maximum absolute atomic E-state index is 12.8. The van der Waals surface area contributed by atoms with Crippen molar-refractivity contribution in [3.05, 3.63) is 50.9 Å². The lowest BCUT2D eigenvalue weighted by atomic mass is 10.2. The maximum Gasteiger partial charge on any atom is 0.330 e. The predicted octanol–water partition coefficient (Wildman–Crippen LogP) is 0.217. The quantitative estimate of drug-likeness (QED) is 0.738. The normalized spacial score (nSPS) is 10.6. The van der Waals surface area contributed by atoms with Crippen molar-refractivity contribution in [3.63, 3.8) is 0 Å². The molecule has 0 atom stereocenters. The molecule has 3 N–H and O–H groups in total. The van der Waals surface area contributed by atoms with Crippen LogP contribution >= 0.6 is 0 Å². The van der Waals surface area contributed by atoms with Crippen molar-refractivity contribution in [3.8, 4) is 0 Å². The zero-order valence-corrected chi connectivity index (χ0v) is 14.2. The molecule has 0 spiro atoms. The number of rotatable bonds is 7. The highest BCUT2D eigenvalue weighted by molar-refractivity contribution is 6.05. The molecule has 0 radical (unpaired) electrons. The van der Waals surface area contributed by atoms with Crippen LogP contribution < -0.4 is 21.9 Å². The number of pyridine rings is 1. The number of carbonyl (C=O) groups excluding carboxylic acids is 1. The number of methoxy groups -OCH3 is 1. The van der Waals surface area contributed by atoms with Crippen LogP contribution in [0.1, 0.15) is 23.8 Å². The van der Waals surface area contributed by atoms with E-state index in [0.29, 0.717) is 13.0 Å². The number of hydrogen-bond acceptors (Lipinski definition) is 6. The van der Waals surface area contributed by atoms with Crippen molar-refractivity contribution >= 4 is 17.4 Å². The molecule has 9 nitrogen and oxygen atoms in total. The molecule has 134 valence electrons. The van der Waals surface area contributed by atoms with Crippen LogP contribution in [0.2, 0.25) is 0 Å². The van der Waals surface area contributed by atoms with Gasteiger partial charge in [-0.05, 0) is 18.6 Å². The number of ether oxygens (including phenoxy) is 1. The summed E-state index contributed by atoms with van der Waals surface area (Å²) in [4.78, 5) is 44.6. The summed E-state index contributed by atoms with van der Waals surface area (Å²) in [5, 5.41) is 0. The molecule has 9 heteroatoms. The highest BCUT2D eigenvalue weighted by Gasteiger charge is 2.25. The molecule has 1 amide bonds. The number of hydrogen-bond donors (Lipinski definition) is 2. The fourth-order valence-corrected chi connectivity index (χ4v) is 2.41. The van der Waals surface area contributed by atoms with Gasteiger partial charge in [0.1, 0.15) is 11.5 Å². The van der Waals surface area contributed by atoms with Gasteiger partial charge in [0.2, 0.25) is 0 Å². The minimum Gasteiger partial charge on any atom is -0.383 e. The molecule has 0 aliphatic rings. The van der Waals surface area contributed by atoms with Crippen LogP contribution in [0.3, 0.4) is 0 Å². The number of nitrogen functional groups attached to an aromatic ring is 1.